The molecule has 1 aliphatic rings. The first-order valence-corrected chi connectivity index (χ1v) is 5.58. The highest BCUT2D eigenvalue weighted by Gasteiger charge is 2.99. The van der Waals surface area contributed by atoms with E-state index >= 15 is 0 Å². The van der Waals surface area contributed by atoms with E-state index in [2.05, 4.69) is 9.98 Å². The summed E-state index contributed by atoms with van der Waals surface area (Å²) in [6, 6.07) is 0. The number of alkyl halides is 10. The fourth-order valence-electron chi connectivity index (χ4n) is 2.17. The van der Waals surface area contributed by atoms with Gasteiger partial charge in [-0.3, -0.25) is 0 Å². The van der Waals surface area contributed by atoms with Crippen LogP contribution in [-0.2, 0) is 9.59 Å². The molecule has 0 aliphatic heterocycles. The summed E-state index contributed by atoms with van der Waals surface area (Å²) in [5.41, 5.74) is -5.11. The number of hydrogen-bond donors (Lipinski definition) is 0. The molecule has 1 aliphatic carbocycles. The number of aliphatic imine (C=N–C) groups is 2. The van der Waals surface area contributed by atoms with Crippen molar-refractivity contribution in [3.8, 4) is 0 Å². The molecule has 0 aromatic heterocycles. The lowest BCUT2D eigenvalue weighted by Crippen LogP contribution is -2.83. The zero-order valence-corrected chi connectivity index (χ0v) is 10.9. The first-order chi connectivity index (χ1) is 10.6. The molecule has 0 heterocycles. The third-order valence-corrected chi connectivity index (χ3v) is 3.61. The maximum Gasteiger partial charge on any atom is 0.384 e. The molecule has 0 N–H and O–H groups in total. The Hall–Kier alpha value is -1.94. The van der Waals surface area contributed by atoms with Crippen LogP contribution in [0.15, 0.2) is 9.98 Å². The van der Waals surface area contributed by atoms with Gasteiger partial charge in [0, 0.05) is 0 Å². The minimum atomic E-state index is -7.16. The van der Waals surface area contributed by atoms with Crippen LogP contribution in [0.25, 0.3) is 0 Å². The second kappa shape index (κ2) is 5.28. The number of rotatable bonds is 4. The second-order valence-corrected chi connectivity index (χ2v) is 4.77. The molecule has 4 nitrogen and oxygen atoms in total. The van der Waals surface area contributed by atoms with E-state index in [1.54, 1.807) is 0 Å². The summed E-state index contributed by atoms with van der Waals surface area (Å²) in [7, 11) is 0. The lowest BCUT2D eigenvalue weighted by Gasteiger charge is -2.55. The largest absolute Gasteiger partial charge is 0.384 e. The monoisotopic (exact) mass is 374 g/mol. The van der Waals surface area contributed by atoms with E-state index in [1.807, 2.05) is 0 Å². The van der Waals surface area contributed by atoms with Crippen molar-refractivity contribution >= 4 is 12.2 Å². The fourth-order valence-corrected chi connectivity index (χ4v) is 2.17. The van der Waals surface area contributed by atoms with Crippen molar-refractivity contribution in [1.82, 2.24) is 0 Å². The molecule has 24 heavy (non-hydrogen) atoms. The van der Waals surface area contributed by atoms with Crippen LogP contribution in [0.5, 0.6) is 0 Å². The maximum absolute atomic E-state index is 13.9. The molecule has 0 spiro atoms. The molecule has 0 radical (unpaired) electrons. The van der Waals surface area contributed by atoms with Crippen molar-refractivity contribution in [3.05, 3.63) is 0 Å². The third-order valence-electron chi connectivity index (χ3n) is 3.61. The first-order valence-electron chi connectivity index (χ1n) is 5.58. The van der Waals surface area contributed by atoms with Gasteiger partial charge in [-0.15, -0.1) is 0 Å². The minimum Gasteiger partial charge on any atom is -0.211 e. The maximum atomic E-state index is 13.9. The highest BCUT2D eigenvalue weighted by atomic mass is 19.4. The van der Waals surface area contributed by atoms with Crippen LogP contribution in [0.3, 0.4) is 0 Å². The van der Waals surface area contributed by atoms with Gasteiger partial charge in [-0.05, 0) is 0 Å². The van der Waals surface area contributed by atoms with Crippen LogP contribution < -0.4 is 0 Å². The normalized spacial score (nSPS) is 27.4. The van der Waals surface area contributed by atoms with Crippen LogP contribution in [0.2, 0.25) is 0 Å². The summed E-state index contributed by atoms with van der Waals surface area (Å²) in [5.74, 6) is -34.2. The molecule has 1 saturated carbocycles. The fraction of sp³-hybridized carbons (Fsp3) is 0.800. The molecule has 136 valence electrons. The molecule has 0 aromatic rings. The van der Waals surface area contributed by atoms with Gasteiger partial charge in [-0.25, -0.2) is 19.6 Å². The van der Waals surface area contributed by atoms with Crippen LogP contribution in [-0.4, -0.2) is 54.9 Å². The Morgan fingerprint density at radius 2 is 0.792 bits per heavy atom. The zero-order valence-electron chi connectivity index (χ0n) is 10.9. The molecular weight excluding hydrogens is 370 g/mol. The van der Waals surface area contributed by atoms with Gasteiger partial charge in [-0.1, -0.05) is 0 Å². The van der Waals surface area contributed by atoms with Crippen LogP contribution in [0, 0.1) is 5.41 Å². The van der Waals surface area contributed by atoms with Crippen molar-refractivity contribution in [1.29, 1.82) is 0 Å². The Labute approximate surface area is 125 Å². The van der Waals surface area contributed by atoms with Crippen LogP contribution in [0.4, 0.5) is 43.9 Å². The van der Waals surface area contributed by atoms with Gasteiger partial charge in [-0.2, -0.15) is 43.9 Å². The van der Waals surface area contributed by atoms with Gasteiger partial charge in [0.25, 0.3) is 0 Å². The highest BCUT2D eigenvalue weighted by molar-refractivity contribution is 5.36. The Morgan fingerprint density at radius 1 is 0.542 bits per heavy atom. The average Bonchev–Trinajstić information content (AvgIpc) is 2.45. The summed E-state index contributed by atoms with van der Waals surface area (Å²) in [6.07, 6.45) is 0.716. The van der Waals surface area contributed by atoms with Gasteiger partial charge in [0.2, 0.25) is 12.2 Å². The van der Waals surface area contributed by atoms with Gasteiger partial charge < -0.3 is 0 Å². The van der Waals surface area contributed by atoms with E-state index in [4.69, 9.17) is 0 Å². The molecule has 0 saturated heterocycles. The number of nitrogens with zero attached hydrogens (tertiary/aromatic N) is 2. The molecule has 0 bridgehead atoms. The Kier molecular flexibility index (Phi) is 4.42. The summed E-state index contributed by atoms with van der Waals surface area (Å²) >= 11 is 0. The number of isocyanates is 2. The quantitative estimate of drug-likeness (QED) is 0.432. The SMILES string of the molecule is O=C=NCC1(CN=C=O)C(F)(F)C(F)(F)C(F)(F)C(F)(F)C1(F)F. The van der Waals surface area contributed by atoms with E-state index in [-0.39, 0.29) is 0 Å². The molecule has 0 unspecified atom stereocenters. The summed E-state index contributed by atoms with van der Waals surface area (Å²) in [5, 5.41) is 0. The van der Waals surface area contributed by atoms with Crippen molar-refractivity contribution in [2.24, 2.45) is 15.4 Å². The van der Waals surface area contributed by atoms with E-state index < -0.39 is 48.1 Å². The van der Waals surface area contributed by atoms with Crippen molar-refractivity contribution in [2.45, 2.75) is 29.6 Å². The Balaban J connectivity index is 3.94. The summed E-state index contributed by atoms with van der Waals surface area (Å²) < 4.78 is 135. The average molecular weight is 374 g/mol. The summed E-state index contributed by atoms with van der Waals surface area (Å²) in [4.78, 5) is 24.1. The van der Waals surface area contributed by atoms with Crippen LogP contribution in [0.1, 0.15) is 0 Å². The predicted molar refractivity (Wildman–Crippen MR) is 53.1 cm³/mol. The molecule has 1 fully saturated rings. The van der Waals surface area contributed by atoms with Gasteiger partial charge in [0.1, 0.15) is 0 Å². The molecule has 0 aromatic carbocycles. The van der Waals surface area contributed by atoms with Gasteiger partial charge in [0.05, 0.1) is 13.1 Å². The standard InChI is InChI=1S/C10H4F10N2O2/c11-6(12)5(1-21-3-23,2-22-4-24)7(13,14)9(17,18)10(19,20)8(6,15)16/h1-2H2. The topological polar surface area (TPSA) is 58.9 Å². The van der Waals surface area contributed by atoms with Crippen LogP contribution >= 0.6 is 0 Å². The predicted octanol–water partition coefficient (Wildman–Crippen LogP) is 2.83. The lowest BCUT2D eigenvalue weighted by molar-refractivity contribution is -0.484. The Morgan fingerprint density at radius 3 is 1.04 bits per heavy atom. The number of hydrogen-bond acceptors (Lipinski definition) is 4. The molecular formula is C10H4F10N2O2. The number of halogens is 10. The van der Waals surface area contributed by atoms with Crippen molar-refractivity contribution in [3.63, 3.8) is 0 Å². The van der Waals surface area contributed by atoms with E-state index in [9.17, 15) is 53.5 Å². The molecule has 1 rings (SSSR count). The minimum absolute atomic E-state index is 0.358. The third kappa shape index (κ3) is 1.89. The van der Waals surface area contributed by atoms with E-state index in [1.165, 1.54) is 0 Å². The van der Waals surface area contributed by atoms with E-state index in [0.29, 0.717) is 12.2 Å². The zero-order chi connectivity index (χ0) is 19.2. The van der Waals surface area contributed by atoms with Gasteiger partial charge in [0.15, 0.2) is 5.41 Å². The number of carbonyl (C=O) groups excluding carboxylic acids is 2. The van der Waals surface area contributed by atoms with Crippen molar-refractivity contribution in [2.75, 3.05) is 13.1 Å². The van der Waals surface area contributed by atoms with Gasteiger partial charge >= 0.3 is 29.6 Å². The highest BCUT2D eigenvalue weighted by Crippen LogP contribution is 2.71. The van der Waals surface area contributed by atoms with Crippen molar-refractivity contribution < 1.29 is 53.5 Å². The summed E-state index contributed by atoms with van der Waals surface area (Å²) in [6.45, 7) is -4.97. The first kappa shape index (κ1) is 20.1. The van der Waals surface area contributed by atoms with E-state index in [0.717, 1.165) is 0 Å². The second-order valence-electron chi connectivity index (χ2n) is 4.77. The Bertz CT molecular complexity index is 567. The smallest absolute Gasteiger partial charge is 0.211 e. The molecule has 0 atom stereocenters. The molecule has 0 amide bonds. The lowest BCUT2D eigenvalue weighted by atomic mass is 9.63. The molecule has 14 heteroatoms.